The van der Waals surface area contributed by atoms with E-state index in [0.29, 0.717) is 0 Å². The zero-order valence-corrected chi connectivity index (χ0v) is 11.0. The fraction of sp³-hybridized carbons (Fsp3) is 1.00. The van der Waals surface area contributed by atoms with E-state index in [9.17, 15) is 0 Å². The Balaban J connectivity index is 1.78. The van der Waals surface area contributed by atoms with Crippen LogP contribution in [0, 0.1) is 11.8 Å². The summed E-state index contributed by atoms with van der Waals surface area (Å²) < 4.78 is 0. The molecule has 2 unspecified atom stereocenters. The van der Waals surface area contributed by atoms with E-state index < -0.39 is 0 Å². The molecule has 1 saturated carbocycles. The summed E-state index contributed by atoms with van der Waals surface area (Å²) >= 11 is 0. The number of nitrogens with zero attached hydrogens (tertiary/aromatic N) is 1. The standard InChI is InChI=1S/C14H28N2/c1-3-7-15-14-8-12(4-2)9-16(11-14)10-13-5-6-13/h12-15H,3-11H2,1-2H3. The summed E-state index contributed by atoms with van der Waals surface area (Å²) in [4.78, 5) is 2.72. The molecule has 1 saturated heterocycles. The monoisotopic (exact) mass is 224 g/mol. The van der Waals surface area contributed by atoms with Crippen molar-refractivity contribution in [2.24, 2.45) is 11.8 Å². The lowest BCUT2D eigenvalue weighted by atomic mass is 9.92. The minimum atomic E-state index is 0.761. The number of rotatable bonds is 6. The number of piperidine rings is 1. The molecular formula is C14H28N2. The smallest absolute Gasteiger partial charge is 0.0198 e. The summed E-state index contributed by atoms with van der Waals surface area (Å²) in [6.07, 6.45) is 6.99. The van der Waals surface area contributed by atoms with Crippen LogP contribution in [0.25, 0.3) is 0 Å². The Bertz CT molecular complexity index is 201. The Morgan fingerprint density at radius 3 is 2.56 bits per heavy atom. The van der Waals surface area contributed by atoms with E-state index in [4.69, 9.17) is 0 Å². The van der Waals surface area contributed by atoms with Crippen LogP contribution in [0.1, 0.15) is 46.0 Å². The van der Waals surface area contributed by atoms with E-state index in [0.717, 1.165) is 17.9 Å². The van der Waals surface area contributed by atoms with Crippen molar-refractivity contribution in [3.63, 3.8) is 0 Å². The maximum Gasteiger partial charge on any atom is 0.0198 e. The molecule has 2 heteroatoms. The maximum atomic E-state index is 3.72. The van der Waals surface area contributed by atoms with Crippen LogP contribution in [0.15, 0.2) is 0 Å². The third-order valence-corrected chi connectivity index (χ3v) is 4.09. The van der Waals surface area contributed by atoms with E-state index in [-0.39, 0.29) is 0 Å². The van der Waals surface area contributed by atoms with Gasteiger partial charge in [-0.25, -0.2) is 0 Å². The van der Waals surface area contributed by atoms with E-state index in [1.54, 1.807) is 0 Å². The molecule has 1 heterocycles. The van der Waals surface area contributed by atoms with Gasteiger partial charge in [-0.3, -0.25) is 0 Å². The molecule has 2 rings (SSSR count). The molecule has 1 N–H and O–H groups in total. The van der Waals surface area contributed by atoms with Crippen LogP contribution in [-0.2, 0) is 0 Å². The van der Waals surface area contributed by atoms with Gasteiger partial charge < -0.3 is 10.2 Å². The third kappa shape index (κ3) is 3.74. The topological polar surface area (TPSA) is 15.3 Å². The Labute approximate surface area is 101 Å². The van der Waals surface area contributed by atoms with Gasteiger partial charge in [0.25, 0.3) is 0 Å². The summed E-state index contributed by atoms with van der Waals surface area (Å²) in [6, 6.07) is 0.761. The molecule has 94 valence electrons. The van der Waals surface area contributed by atoms with Crippen molar-refractivity contribution in [2.45, 2.75) is 52.0 Å². The molecule has 1 aliphatic heterocycles. The zero-order valence-electron chi connectivity index (χ0n) is 11.0. The third-order valence-electron chi connectivity index (χ3n) is 4.09. The highest BCUT2D eigenvalue weighted by molar-refractivity contribution is 4.86. The van der Waals surface area contributed by atoms with Crippen molar-refractivity contribution >= 4 is 0 Å². The second-order valence-corrected chi connectivity index (χ2v) is 5.82. The summed E-state index contributed by atoms with van der Waals surface area (Å²) in [7, 11) is 0. The van der Waals surface area contributed by atoms with Crippen LogP contribution >= 0.6 is 0 Å². The average Bonchev–Trinajstić information content (AvgIpc) is 3.10. The van der Waals surface area contributed by atoms with Gasteiger partial charge in [0.05, 0.1) is 0 Å². The average molecular weight is 224 g/mol. The van der Waals surface area contributed by atoms with Gasteiger partial charge in [-0.05, 0) is 44.1 Å². The first-order valence-electron chi connectivity index (χ1n) is 7.27. The molecule has 1 aliphatic carbocycles. The molecule has 0 aromatic rings. The first-order chi connectivity index (χ1) is 7.81. The highest BCUT2D eigenvalue weighted by Gasteiger charge is 2.30. The summed E-state index contributed by atoms with van der Waals surface area (Å²) in [5, 5.41) is 3.72. The van der Waals surface area contributed by atoms with Crippen molar-refractivity contribution < 1.29 is 0 Å². The van der Waals surface area contributed by atoms with E-state index in [1.165, 1.54) is 58.3 Å². The van der Waals surface area contributed by atoms with E-state index in [1.807, 2.05) is 0 Å². The Hall–Kier alpha value is -0.0800. The molecular weight excluding hydrogens is 196 g/mol. The molecule has 0 spiro atoms. The van der Waals surface area contributed by atoms with Crippen molar-refractivity contribution in [3.05, 3.63) is 0 Å². The number of hydrogen-bond acceptors (Lipinski definition) is 2. The van der Waals surface area contributed by atoms with Gasteiger partial charge in [-0.15, -0.1) is 0 Å². The second-order valence-electron chi connectivity index (χ2n) is 5.82. The zero-order chi connectivity index (χ0) is 11.4. The van der Waals surface area contributed by atoms with Crippen molar-refractivity contribution in [1.82, 2.24) is 10.2 Å². The van der Waals surface area contributed by atoms with Crippen molar-refractivity contribution in [1.29, 1.82) is 0 Å². The van der Waals surface area contributed by atoms with Gasteiger partial charge in [0.15, 0.2) is 0 Å². The van der Waals surface area contributed by atoms with Crippen LogP contribution in [0.2, 0.25) is 0 Å². The lowest BCUT2D eigenvalue weighted by Crippen LogP contribution is -2.49. The summed E-state index contributed by atoms with van der Waals surface area (Å²) in [5.74, 6) is 1.98. The number of hydrogen-bond donors (Lipinski definition) is 1. The molecule has 2 nitrogen and oxygen atoms in total. The predicted octanol–water partition coefficient (Wildman–Crippen LogP) is 2.50. The molecule has 2 atom stereocenters. The second kappa shape index (κ2) is 6.02. The predicted molar refractivity (Wildman–Crippen MR) is 69.6 cm³/mol. The van der Waals surface area contributed by atoms with E-state index >= 15 is 0 Å². The molecule has 0 aromatic heterocycles. The lowest BCUT2D eigenvalue weighted by molar-refractivity contribution is 0.134. The first kappa shape index (κ1) is 12.4. The maximum absolute atomic E-state index is 3.72. The van der Waals surface area contributed by atoms with Crippen LogP contribution < -0.4 is 5.32 Å². The quantitative estimate of drug-likeness (QED) is 0.746. The Morgan fingerprint density at radius 2 is 1.94 bits per heavy atom. The SMILES string of the molecule is CCCNC1CC(CC)CN(CC2CC2)C1. The van der Waals surface area contributed by atoms with Gasteiger partial charge in [0, 0.05) is 25.7 Å². The van der Waals surface area contributed by atoms with Crippen LogP contribution in [-0.4, -0.2) is 37.1 Å². The fourth-order valence-electron chi connectivity index (χ4n) is 2.91. The molecule has 0 amide bonds. The molecule has 0 bridgehead atoms. The lowest BCUT2D eigenvalue weighted by Gasteiger charge is -2.38. The highest BCUT2D eigenvalue weighted by Crippen LogP contribution is 2.31. The molecule has 16 heavy (non-hydrogen) atoms. The molecule has 2 fully saturated rings. The Morgan fingerprint density at radius 1 is 1.12 bits per heavy atom. The van der Waals surface area contributed by atoms with Crippen LogP contribution in [0.3, 0.4) is 0 Å². The normalized spacial score (nSPS) is 31.9. The van der Waals surface area contributed by atoms with Gasteiger partial charge in [-0.2, -0.15) is 0 Å². The fourth-order valence-corrected chi connectivity index (χ4v) is 2.91. The highest BCUT2D eigenvalue weighted by atomic mass is 15.2. The molecule has 0 radical (unpaired) electrons. The minimum absolute atomic E-state index is 0.761. The summed E-state index contributed by atoms with van der Waals surface area (Å²) in [6.45, 7) is 9.83. The van der Waals surface area contributed by atoms with Gasteiger partial charge in [0.1, 0.15) is 0 Å². The molecule has 2 aliphatic rings. The van der Waals surface area contributed by atoms with Crippen LogP contribution in [0.5, 0.6) is 0 Å². The Kier molecular flexibility index (Phi) is 4.66. The molecule has 0 aromatic carbocycles. The van der Waals surface area contributed by atoms with Gasteiger partial charge in [0.2, 0.25) is 0 Å². The van der Waals surface area contributed by atoms with Gasteiger partial charge >= 0.3 is 0 Å². The number of likely N-dealkylation sites (tertiary alicyclic amines) is 1. The van der Waals surface area contributed by atoms with Gasteiger partial charge in [-0.1, -0.05) is 20.3 Å². The van der Waals surface area contributed by atoms with Crippen molar-refractivity contribution in [3.8, 4) is 0 Å². The largest absolute Gasteiger partial charge is 0.313 e. The minimum Gasteiger partial charge on any atom is -0.313 e. The van der Waals surface area contributed by atoms with Crippen LogP contribution in [0.4, 0.5) is 0 Å². The van der Waals surface area contributed by atoms with E-state index in [2.05, 4.69) is 24.1 Å². The van der Waals surface area contributed by atoms with Crippen molar-refractivity contribution in [2.75, 3.05) is 26.2 Å². The summed E-state index contributed by atoms with van der Waals surface area (Å²) in [5.41, 5.74) is 0. The number of nitrogens with one attached hydrogen (secondary N) is 1. The first-order valence-corrected chi connectivity index (χ1v) is 7.27.